The minimum atomic E-state index is -3.92. The van der Waals surface area contributed by atoms with E-state index in [2.05, 4.69) is 0 Å². The van der Waals surface area contributed by atoms with Gasteiger partial charge in [-0.05, 0) is 37.5 Å². The molecule has 0 N–H and O–H groups in total. The van der Waals surface area contributed by atoms with Gasteiger partial charge in [0.05, 0.1) is 4.90 Å². The summed E-state index contributed by atoms with van der Waals surface area (Å²) in [6, 6.07) is 2.75. The van der Waals surface area contributed by atoms with Gasteiger partial charge < -0.3 is 4.90 Å². The molecule has 2 rings (SSSR count). The third-order valence-corrected chi connectivity index (χ3v) is 4.88. The average molecular weight is 322 g/mol. The van der Waals surface area contributed by atoms with Gasteiger partial charge in [0.25, 0.3) is 15.0 Å². The van der Waals surface area contributed by atoms with Crippen LogP contribution >= 0.6 is 22.3 Å². The molecule has 4 nitrogen and oxygen atoms in total. The molecular formula is C12H13Cl2NO3S. The summed E-state index contributed by atoms with van der Waals surface area (Å²) in [7, 11) is 1.44. The van der Waals surface area contributed by atoms with E-state index in [4.69, 9.17) is 22.3 Å². The lowest BCUT2D eigenvalue weighted by molar-refractivity contribution is 0.0792. The maximum absolute atomic E-state index is 12.3. The Morgan fingerprint density at radius 3 is 2.37 bits per heavy atom. The van der Waals surface area contributed by atoms with Crippen LogP contribution in [0.1, 0.15) is 28.8 Å². The molecule has 1 amide bonds. The maximum atomic E-state index is 12.3. The van der Waals surface area contributed by atoms with Crippen LogP contribution < -0.4 is 0 Å². The van der Waals surface area contributed by atoms with Gasteiger partial charge in [-0.25, -0.2) is 8.42 Å². The highest BCUT2D eigenvalue weighted by Gasteiger charge is 2.25. The molecule has 0 unspecified atom stereocenters. The van der Waals surface area contributed by atoms with Gasteiger partial charge in [0.15, 0.2) is 0 Å². The number of carbonyl (C=O) groups is 1. The van der Waals surface area contributed by atoms with Crippen molar-refractivity contribution in [2.24, 2.45) is 0 Å². The fraction of sp³-hybridized carbons (Fsp3) is 0.417. The molecule has 0 radical (unpaired) electrons. The number of rotatable bonds is 2. The normalized spacial score (nSPS) is 15.8. The van der Waals surface area contributed by atoms with Gasteiger partial charge in [-0.15, -0.1) is 0 Å². The van der Waals surface area contributed by atoms with E-state index in [1.807, 2.05) is 0 Å². The molecule has 0 spiro atoms. The summed E-state index contributed by atoms with van der Waals surface area (Å²) < 4.78 is 23.0. The van der Waals surface area contributed by atoms with Crippen LogP contribution in [0.3, 0.4) is 0 Å². The van der Waals surface area contributed by atoms with Crippen molar-refractivity contribution < 1.29 is 13.2 Å². The minimum absolute atomic E-state index is 0.107. The number of nitrogens with zero attached hydrogens (tertiary/aromatic N) is 1. The second-order valence-corrected chi connectivity index (χ2v) is 7.48. The van der Waals surface area contributed by atoms with Crippen LogP contribution in [0.2, 0.25) is 5.02 Å². The van der Waals surface area contributed by atoms with Crippen LogP contribution in [0.5, 0.6) is 0 Å². The van der Waals surface area contributed by atoms with E-state index in [1.165, 1.54) is 12.1 Å². The highest BCUT2D eigenvalue weighted by Crippen LogP contribution is 2.28. The quantitative estimate of drug-likeness (QED) is 0.787. The molecule has 0 aromatic heterocycles. The number of hydrogen-bond acceptors (Lipinski definition) is 3. The number of carbonyl (C=O) groups excluding carboxylic acids is 1. The zero-order chi connectivity index (χ0) is 14.2. The van der Waals surface area contributed by atoms with Gasteiger partial charge in [-0.3, -0.25) is 4.79 Å². The Morgan fingerprint density at radius 2 is 1.84 bits per heavy atom. The van der Waals surface area contributed by atoms with Crippen molar-refractivity contribution >= 4 is 37.2 Å². The minimum Gasteiger partial charge on any atom is -0.339 e. The molecule has 1 aliphatic rings. The molecule has 1 fully saturated rings. The van der Waals surface area contributed by atoms with E-state index >= 15 is 0 Å². The predicted octanol–water partition coefficient (Wildman–Crippen LogP) is 2.81. The van der Waals surface area contributed by atoms with Crippen LogP contribution in [0.15, 0.2) is 17.0 Å². The highest BCUT2D eigenvalue weighted by atomic mass is 35.7. The number of hydrogen-bond donors (Lipinski definition) is 0. The number of benzene rings is 1. The molecule has 0 saturated carbocycles. The van der Waals surface area contributed by atoms with Gasteiger partial charge >= 0.3 is 0 Å². The summed E-state index contributed by atoms with van der Waals surface area (Å²) in [5.41, 5.74) is 0.643. The van der Waals surface area contributed by atoms with Gasteiger partial charge in [0, 0.05) is 34.4 Å². The van der Waals surface area contributed by atoms with Gasteiger partial charge in [-0.1, -0.05) is 11.6 Å². The Morgan fingerprint density at radius 1 is 1.26 bits per heavy atom. The van der Waals surface area contributed by atoms with E-state index in [9.17, 15) is 13.2 Å². The summed E-state index contributed by atoms with van der Waals surface area (Å²) in [4.78, 5) is 13.9. The summed E-state index contributed by atoms with van der Waals surface area (Å²) in [6.45, 7) is 2.94. The first-order valence-corrected chi connectivity index (χ1v) is 8.53. The number of likely N-dealkylation sites (tertiary alicyclic amines) is 1. The average Bonchev–Trinajstić information content (AvgIpc) is 2.83. The van der Waals surface area contributed by atoms with Crippen molar-refractivity contribution in [3.63, 3.8) is 0 Å². The Kier molecular flexibility index (Phi) is 4.08. The van der Waals surface area contributed by atoms with Gasteiger partial charge in [-0.2, -0.15) is 0 Å². The van der Waals surface area contributed by atoms with Crippen molar-refractivity contribution in [3.05, 3.63) is 28.3 Å². The standard InChI is InChI=1S/C12H13Cl2NO3S/c1-8-10(12(16)15-4-2-3-5-15)6-9(13)7-11(8)19(14,17)18/h6-7H,2-5H2,1H3. The van der Waals surface area contributed by atoms with Crippen molar-refractivity contribution in [3.8, 4) is 0 Å². The highest BCUT2D eigenvalue weighted by molar-refractivity contribution is 8.13. The van der Waals surface area contributed by atoms with Gasteiger partial charge in [0.1, 0.15) is 0 Å². The fourth-order valence-corrected chi connectivity index (χ4v) is 3.73. The van der Waals surface area contributed by atoms with Crippen molar-refractivity contribution in [1.82, 2.24) is 4.90 Å². The van der Waals surface area contributed by atoms with Crippen molar-refractivity contribution in [1.29, 1.82) is 0 Å². The van der Waals surface area contributed by atoms with Crippen LogP contribution in [-0.4, -0.2) is 32.3 Å². The van der Waals surface area contributed by atoms with E-state index in [0.717, 1.165) is 12.8 Å². The summed E-state index contributed by atoms with van der Waals surface area (Å²) in [6.07, 6.45) is 1.93. The SMILES string of the molecule is Cc1c(C(=O)N2CCCC2)cc(Cl)cc1S(=O)(=O)Cl. The van der Waals surface area contributed by atoms with E-state index in [0.29, 0.717) is 24.2 Å². The molecule has 1 heterocycles. The third-order valence-electron chi connectivity index (χ3n) is 3.21. The van der Waals surface area contributed by atoms with Crippen LogP contribution in [0, 0.1) is 6.92 Å². The number of amides is 1. The largest absolute Gasteiger partial charge is 0.339 e. The molecule has 0 aliphatic carbocycles. The molecule has 104 valence electrons. The van der Waals surface area contributed by atoms with E-state index in [1.54, 1.807) is 11.8 Å². The monoisotopic (exact) mass is 321 g/mol. The Balaban J connectivity index is 2.52. The van der Waals surface area contributed by atoms with Crippen molar-refractivity contribution in [2.75, 3.05) is 13.1 Å². The molecule has 0 atom stereocenters. The van der Waals surface area contributed by atoms with Crippen LogP contribution in [0.25, 0.3) is 0 Å². The first kappa shape index (κ1) is 14.6. The predicted molar refractivity (Wildman–Crippen MR) is 74.4 cm³/mol. The van der Waals surface area contributed by atoms with Crippen LogP contribution in [0.4, 0.5) is 0 Å². The summed E-state index contributed by atoms with van der Waals surface area (Å²) in [5.74, 6) is -0.195. The smallest absolute Gasteiger partial charge is 0.261 e. The summed E-state index contributed by atoms with van der Waals surface area (Å²) in [5, 5.41) is 0.187. The molecule has 19 heavy (non-hydrogen) atoms. The Bertz CT molecular complexity index is 622. The molecule has 1 aliphatic heterocycles. The molecule has 1 saturated heterocycles. The molecule has 7 heteroatoms. The van der Waals surface area contributed by atoms with Gasteiger partial charge in [0.2, 0.25) is 0 Å². The lowest BCUT2D eigenvalue weighted by Gasteiger charge is -2.18. The lowest BCUT2D eigenvalue weighted by atomic mass is 10.1. The maximum Gasteiger partial charge on any atom is 0.261 e. The third kappa shape index (κ3) is 3.04. The first-order chi connectivity index (χ1) is 8.80. The lowest BCUT2D eigenvalue weighted by Crippen LogP contribution is -2.28. The molecule has 1 aromatic rings. The summed E-state index contributed by atoms with van der Waals surface area (Å²) >= 11 is 5.88. The van der Waals surface area contributed by atoms with E-state index < -0.39 is 9.05 Å². The van der Waals surface area contributed by atoms with E-state index in [-0.39, 0.29) is 15.8 Å². The number of halogens is 2. The second-order valence-electron chi connectivity index (χ2n) is 4.51. The Hall–Kier alpha value is -0.780. The van der Waals surface area contributed by atoms with Crippen LogP contribution in [-0.2, 0) is 9.05 Å². The first-order valence-electron chi connectivity index (χ1n) is 5.85. The topological polar surface area (TPSA) is 54.5 Å². The fourth-order valence-electron chi connectivity index (χ4n) is 2.22. The van der Waals surface area contributed by atoms with Crippen molar-refractivity contribution in [2.45, 2.75) is 24.7 Å². The molecule has 1 aromatic carbocycles. The second kappa shape index (κ2) is 5.31. The zero-order valence-corrected chi connectivity index (χ0v) is 12.6. The molecular weight excluding hydrogens is 309 g/mol. The zero-order valence-electron chi connectivity index (χ0n) is 10.3. The molecule has 0 bridgehead atoms. The Labute approximate surface area is 121 Å².